The number of hydrogen-bond acceptors (Lipinski definition) is 2. The second-order valence-electron chi connectivity index (χ2n) is 12.1. The smallest absolute Gasteiger partial charge is 0.193 e. The van der Waals surface area contributed by atoms with Crippen molar-refractivity contribution in [2.75, 3.05) is 0 Å². The van der Waals surface area contributed by atoms with Gasteiger partial charge in [-0.3, -0.25) is 0 Å². The van der Waals surface area contributed by atoms with Crippen LogP contribution in [-0.4, -0.2) is 27.8 Å². The second kappa shape index (κ2) is 15.3. The minimum absolute atomic E-state index is 0.0193. The lowest BCUT2D eigenvalue weighted by Gasteiger charge is -2.41. The highest BCUT2D eigenvalue weighted by Gasteiger charge is 2.41. The first kappa shape index (κ1) is 31.4. The number of unbranched alkanes of at least 4 members (excludes halogenated alkanes) is 4. The lowest BCUT2D eigenvalue weighted by atomic mass is 10.2. The average Bonchev–Trinajstić information content (AvgIpc) is 2.65. The summed E-state index contributed by atoms with van der Waals surface area (Å²) in [6, 6.07) is 8.06. The molecule has 0 spiro atoms. The molecule has 0 aromatic carbocycles. The van der Waals surface area contributed by atoms with Crippen molar-refractivity contribution in [1.29, 1.82) is 0 Å². The van der Waals surface area contributed by atoms with Gasteiger partial charge in [0.1, 0.15) is 0 Å². The van der Waals surface area contributed by atoms with E-state index in [0.29, 0.717) is 0 Å². The number of hydrogen-bond donors (Lipinski definition) is 0. The lowest BCUT2D eigenvalue weighted by Crippen LogP contribution is -2.47. The van der Waals surface area contributed by atoms with Crippen molar-refractivity contribution in [3.8, 4) is 0 Å². The monoisotopic (exact) mass is 472 g/mol. The SMILES string of the molecule is CCCC[Si](CCCC)(CCC[Si](CCCC)(CCCC)OC(C)(C)C)OC(C)(C)C. The van der Waals surface area contributed by atoms with Gasteiger partial charge in [-0.15, -0.1) is 0 Å². The Bertz CT molecular complexity index is 381. The molecule has 0 atom stereocenters. The quantitative estimate of drug-likeness (QED) is 0.185. The zero-order chi connectivity index (χ0) is 24.0. The van der Waals surface area contributed by atoms with Gasteiger partial charge in [-0.1, -0.05) is 85.5 Å². The van der Waals surface area contributed by atoms with Crippen LogP contribution >= 0.6 is 0 Å². The van der Waals surface area contributed by atoms with E-state index >= 15 is 0 Å². The molecule has 0 saturated heterocycles. The molecular formula is C27H60O2Si2. The predicted octanol–water partition coefficient (Wildman–Crippen LogP) is 10.1. The maximum Gasteiger partial charge on any atom is 0.193 e. The highest BCUT2D eigenvalue weighted by atomic mass is 28.4. The molecule has 0 heterocycles. The van der Waals surface area contributed by atoms with E-state index in [0.717, 1.165) is 0 Å². The van der Waals surface area contributed by atoms with Crippen LogP contribution in [0.15, 0.2) is 0 Å². The highest BCUT2D eigenvalue weighted by molar-refractivity contribution is 6.75. The van der Waals surface area contributed by atoms with Crippen molar-refractivity contribution in [2.45, 2.75) is 174 Å². The van der Waals surface area contributed by atoms with E-state index in [1.807, 2.05) is 0 Å². The third kappa shape index (κ3) is 15.0. The maximum atomic E-state index is 7.02. The highest BCUT2D eigenvalue weighted by Crippen LogP contribution is 2.38. The Morgan fingerprint density at radius 2 is 0.645 bits per heavy atom. The molecule has 0 aromatic rings. The van der Waals surface area contributed by atoms with Crippen LogP contribution in [0.5, 0.6) is 0 Å². The van der Waals surface area contributed by atoms with Gasteiger partial charge in [-0.25, -0.2) is 0 Å². The summed E-state index contributed by atoms with van der Waals surface area (Å²) in [7, 11) is -3.45. The second-order valence-corrected chi connectivity index (χ2v) is 20.2. The minimum atomic E-state index is -1.73. The summed E-state index contributed by atoms with van der Waals surface area (Å²) < 4.78 is 14.0. The average molecular weight is 473 g/mol. The van der Waals surface area contributed by atoms with Gasteiger partial charge in [0.15, 0.2) is 16.6 Å². The van der Waals surface area contributed by atoms with Crippen LogP contribution in [0.1, 0.15) is 127 Å². The van der Waals surface area contributed by atoms with Gasteiger partial charge in [0.2, 0.25) is 0 Å². The van der Waals surface area contributed by atoms with Crippen LogP contribution in [-0.2, 0) is 8.85 Å². The van der Waals surface area contributed by atoms with E-state index < -0.39 is 16.6 Å². The molecule has 0 amide bonds. The van der Waals surface area contributed by atoms with Crippen LogP contribution in [0.4, 0.5) is 0 Å². The predicted molar refractivity (Wildman–Crippen MR) is 146 cm³/mol. The largest absolute Gasteiger partial charge is 0.412 e. The molecule has 0 aromatic heterocycles. The summed E-state index contributed by atoms with van der Waals surface area (Å²) in [5, 5.41) is 0. The molecule has 0 bridgehead atoms. The molecule has 0 saturated carbocycles. The first-order valence-electron chi connectivity index (χ1n) is 13.8. The molecule has 4 heteroatoms. The summed E-state index contributed by atoms with van der Waals surface area (Å²) >= 11 is 0. The van der Waals surface area contributed by atoms with Crippen molar-refractivity contribution >= 4 is 16.6 Å². The van der Waals surface area contributed by atoms with Crippen molar-refractivity contribution < 1.29 is 8.85 Å². The Hall–Kier alpha value is 0.354. The molecule has 0 N–H and O–H groups in total. The van der Waals surface area contributed by atoms with Gasteiger partial charge in [0.25, 0.3) is 0 Å². The zero-order valence-electron chi connectivity index (χ0n) is 23.4. The molecule has 188 valence electrons. The van der Waals surface area contributed by atoms with Crippen molar-refractivity contribution in [3.05, 3.63) is 0 Å². The third-order valence-corrected chi connectivity index (χ3v) is 15.9. The first-order chi connectivity index (χ1) is 14.4. The topological polar surface area (TPSA) is 18.5 Å². The van der Waals surface area contributed by atoms with Crippen LogP contribution < -0.4 is 0 Å². The van der Waals surface area contributed by atoms with Crippen LogP contribution in [0.25, 0.3) is 0 Å². The molecule has 0 unspecified atom stereocenters. The first-order valence-corrected chi connectivity index (χ1v) is 18.8. The summed E-state index contributed by atoms with van der Waals surface area (Å²) in [5.74, 6) is 0. The fourth-order valence-corrected chi connectivity index (χ4v) is 15.8. The molecule has 0 aliphatic carbocycles. The fourth-order valence-electron chi connectivity index (χ4n) is 5.08. The molecule has 0 aliphatic rings. The zero-order valence-corrected chi connectivity index (χ0v) is 25.4. The van der Waals surface area contributed by atoms with E-state index in [4.69, 9.17) is 8.85 Å². The van der Waals surface area contributed by atoms with E-state index in [1.54, 1.807) is 0 Å². The normalized spacial score (nSPS) is 13.7. The Balaban J connectivity index is 5.59. The standard InChI is InChI=1S/C27H60O2Si2/c1-11-15-20-30(21-16-12-2,28-26(5,6)7)24-19-25-31(22-17-13-3,23-18-14-4)29-27(8,9)10/h11-25H2,1-10H3. The Morgan fingerprint density at radius 1 is 0.419 bits per heavy atom. The van der Waals surface area contributed by atoms with E-state index in [9.17, 15) is 0 Å². The van der Waals surface area contributed by atoms with Crippen LogP contribution in [0, 0.1) is 0 Å². The summed E-state index contributed by atoms with van der Waals surface area (Å²) in [6.45, 7) is 23.0. The minimum Gasteiger partial charge on any atom is -0.412 e. The van der Waals surface area contributed by atoms with Crippen LogP contribution in [0.3, 0.4) is 0 Å². The van der Waals surface area contributed by atoms with Crippen molar-refractivity contribution in [2.24, 2.45) is 0 Å². The van der Waals surface area contributed by atoms with Crippen molar-refractivity contribution in [1.82, 2.24) is 0 Å². The molecule has 0 radical (unpaired) electrons. The van der Waals surface area contributed by atoms with Crippen molar-refractivity contribution in [3.63, 3.8) is 0 Å². The van der Waals surface area contributed by atoms with Gasteiger partial charge in [-0.2, -0.15) is 0 Å². The van der Waals surface area contributed by atoms with Gasteiger partial charge in [0, 0.05) is 11.2 Å². The van der Waals surface area contributed by atoms with E-state index in [-0.39, 0.29) is 11.2 Å². The van der Waals surface area contributed by atoms with Gasteiger partial charge in [0.05, 0.1) is 0 Å². The molecule has 31 heavy (non-hydrogen) atoms. The fraction of sp³-hybridized carbons (Fsp3) is 1.00. The summed E-state index contributed by atoms with van der Waals surface area (Å²) in [4.78, 5) is 0. The summed E-state index contributed by atoms with van der Waals surface area (Å²) in [5.41, 5.74) is -0.0386. The molecule has 0 rings (SSSR count). The Kier molecular flexibility index (Phi) is 15.5. The maximum absolute atomic E-state index is 7.02. The molecule has 2 nitrogen and oxygen atoms in total. The number of rotatable bonds is 18. The van der Waals surface area contributed by atoms with Crippen LogP contribution in [0.2, 0.25) is 36.3 Å². The van der Waals surface area contributed by atoms with Gasteiger partial charge < -0.3 is 8.85 Å². The van der Waals surface area contributed by atoms with Gasteiger partial charge in [-0.05, 0) is 77.8 Å². The third-order valence-electron chi connectivity index (χ3n) is 6.25. The lowest BCUT2D eigenvalue weighted by molar-refractivity contribution is 0.112. The van der Waals surface area contributed by atoms with E-state index in [1.165, 1.54) is 94.1 Å². The Labute approximate surface area is 199 Å². The summed E-state index contributed by atoms with van der Waals surface area (Å²) in [6.07, 6.45) is 11.8. The Morgan fingerprint density at radius 3 is 0.839 bits per heavy atom. The molecule has 0 fully saturated rings. The molecule has 0 aliphatic heterocycles. The molecular weight excluding hydrogens is 412 g/mol. The van der Waals surface area contributed by atoms with Gasteiger partial charge >= 0.3 is 0 Å². The van der Waals surface area contributed by atoms with E-state index in [2.05, 4.69) is 69.2 Å².